The van der Waals surface area contributed by atoms with Gasteiger partial charge in [-0.05, 0) is 13.2 Å². The molecule has 1 rings (SSSR count). The lowest BCUT2D eigenvalue weighted by atomic mass is 10.4. The molecule has 0 aliphatic heterocycles. The van der Waals surface area contributed by atoms with Crippen LogP contribution in [0, 0.1) is 0 Å². The fourth-order valence-corrected chi connectivity index (χ4v) is 1.62. The number of aliphatic hydroxyl groups excluding tert-OH is 1. The van der Waals surface area contributed by atoms with E-state index in [9.17, 15) is 0 Å². The van der Waals surface area contributed by atoms with Crippen molar-refractivity contribution >= 4 is 23.4 Å². The quantitative estimate of drug-likeness (QED) is 0.568. The smallest absolute Gasteiger partial charge is 0.191 e. The van der Waals surface area contributed by atoms with Gasteiger partial charge in [-0.25, -0.2) is 9.97 Å². The number of anilines is 2. The zero-order chi connectivity index (χ0) is 11.3. The zero-order valence-corrected chi connectivity index (χ0v) is 9.79. The highest BCUT2D eigenvalue weighted by Crippen LogP contribution is 2.18. The predicted octanol–water partition coefficient (Wildman–Crippen LogP) is 0.599. The number of hydrogen-bond donors (Lipinski definition) is 2. The van der Waals surface area contributed by atoms with Gasteiger partial charge in [0.15, 0.2) is 5.16 Å². The lowest BCUT2D eigenvalue weighted by molar-refractivity contribution is 0.302. The van der Waals surface area contributed by atoms with Gasteiger partial charge >= 0.3 is 0 Å². The number of likely N-dealkylation sites (N-methyl/N-ethyl adjacent to an activating group) is 1. The molecule has 0 radical (unpaired) electrons. The fourth-order valence-electron chi connectivity index (χ4n) is 1.24. The van der Waals surface area contributed by atoms with Gasteiger partial charge in [0.05, 0.1) is 6.61 Å². The summed E-state index contributed by atoms with van der Waals surface area (Å²) in [5.41, 5.74) is 5.67. The molecule has 0 saturated heterocycles. The SMILES string of the molecule is CCN(CCO)c1cc(N)nc(SC)n1. The first-order chi connectivity index (χ1) is 7.21. The maximum absolute atomic E-state index is 8.90. The Morgan fingerprint density at radius 2 is 2.27 bits per heavy atom. The van der Waals surface area contributed by atoms with Crippen LogP contribution in [0.2, 0.25) is 0 Å². The van der Waals surface area contributed by atoms with Crippen LogP contribution in [0.5, 0.6) is 0 Å². The predicted molar refractivity (Wildman–Crippen MR) is 63.2 cm³/mol. The lowest BCUT2D eigenvalue weighted by Crippen LogP contribution is -2.27. The van der Waals surface area contributed by atoms with E-state index < -0.39 is 0 Å². The van der Waals surface area contributed by atoms with Gasteiger partial charge in [-0.1, -0.05) is 11.8 Å². The number of nitrogens with zero attached hydrogens (tertiary/aromatic N) is 3. The van der Waals surface area contributed by atoms with Crippen LogP contribution in [0.4, 0.5) is 11.6 Å². The Morgan fingerprint density at radius 1 is 1.53 bits per heavy atom. The number of rotatable bonds is 5. The van der Waals surface area contributed by atoms with Crippen LogP contribution < -0.4 is 10.6 Å². The Balaban J connectivity index is 2.95. The summed E-state index contributed by atoms with van der Waals surface area (Å²) in [6.45, 7) is 3.45. The minimum atomic E-state index is 0.104. The highest BCUT2D eigenvalue weighted by Gasteiger charge is 2.08. The Bertz CT molecular complexity index is 321. The molecule has 0 bridgehead atoms. The number of nitrogen functional groups attached to an aromatic ring is 1. The molecule has 0 saturated carbocycles. The molecule has 0 aromatic carbocycles. The van der Waals surface area contributed by atoms with E-state index in [0.717, 1.165) is 12.4 Å². The van der Waals surface area contributed by atoms with Crippen molar-refractivity contribution in [2.45, 2.75) is 12.1 Å². The topological polar surface area (TPSA) is 75.3 Å². The Morgan fingerprint density at radius 3 is 2.80 bits per heavy atom. The van der Waals surface area contributed by atoms with E-state index in [-0.39, 0.29) is 6.61 Å². The highest BCUT2D eigenvalue weighted by molar-refractivity contribution is 7.98. The molecule has 0 amide bonds. The van der Waals surface area contributed by atoms with Gasteiger partial charge in [-0.3, -0.25) is 0 Å². The van der Waals surface area contributed by atoms with Crippen molar-refractivity contribution in [3.05, 3.63) is 6.07 Å². The summed E-state index contributed by atoms with van der Waals surface area (Å²) in [5.74, 6) is 1.23. The van der Waals surface area contributed by atoms with Gasteiger partial charge in [0, 0.05) is 19.2 Å². The van der Waals surface area contributed by atoms with E-state index in [1.54, 1.807) is 6.07 Å². The molecule has 1 aromatic heterocycles. The van der Waals surface area contributed by atoms with Gasteiger partial charge in [-0.2, -0.15) is 0 Å². The van der Waals surface area contributed by atoms with Crippen LogP contribution in [-0.2, 0) is 0 Å². The molecule has 3 N–H and O–H groups in total. The van der Waals surface area contributed by atoms with E-state index in [0.29, 0.717) is 17.5 Å². The van der Waals surface area contributed by atoms with Crippen LogP contribution in [0.25, 0.3) is 0 Å². The summed E-state index contributed by atoms with van der Waals surface area (Å²) in [6.07, 6.45) is 1.90. The lowest BCUT2D eigenvalue weighted by Gasteiger charge is -2.21. The summed E-state index contributed by atoms with van der Waals surface area (Å²) < 4.78 is 0. The van der Waals surface area contributed by atoms with E-state index in [1.165, 1.54) is 11.8 Å². The third kappa shape index (κ3) is 3.24. The van der Waals surface area contributed by atoms with E-state index >= 15 is 0 Å². The molecule has 1 aromatic rings. The third-order valence-corrected chi connectivity index (χ3v) is 2.52. The maximum Gasteiger partial charge on any atom is 0.191 e. The van der Waals surface area contributed by atoms with Crippen molar-refractivity contribution in [3.8, 4) is 0 Å². The second-order valence-corrected chi connectivity index (χ2v) is 3.71. The normalized spacial score (nSPS) is 10.3. The number of aromatic nitrogens is 2. The van der Waals surface area contributed by atoms with Gasteiger partial charge in [0.25, 0.3) is 0 Å². The van der Waals surface area contributed by atoms with Crippen LogP contribution >= 0.6 is 11.8 Å². The maximum atomic E-state index is 8.90. The molecule has 0 atom stereocenters. The largest absolute Gasteiger partial charge is 0.395 e. The van der Waals surface area contributed by atoms with E-state index in [2.05, 4.69) is 9.97 Å². The highest BCUT2D eigenvalue weighted by atomic mass is 32.2. The molecular weight excluding hydrogens is 212 g/mol. The Labute approximate surface area is 93.7 Å². The number of thioether (sulfide) groups is 1. The average Bonchev–Trinajstić information content (AvgIpc) is 2.24. The second-order valence-electron chi connectivity index (χ2n) is 2.94. The minimum absolute atomic E-state index is 0.104. The van der Waals surface area contributed by atoms with Crippen LogP contribution in [-0.4, -0.2) is 41.0 Å². The summed E-state index contributed by atoms with van der Waals surface area (Å²) in [5, 5.41) is 9.56. The van der Waals surface area contributed by atoms with Crippen molar-refractivity contribution in [1.82, 2.24) is 9.97 Å². The summed E-state index contributed by atoms with van der Waals surface area (Å²) in [7, 11) is 0. The van der Waals surface area contributed by atoms with Crippen molar-refractivity contribution in [3.63, 3.8) is 0 Å². The summed E-state index contributed by atoms with van der Waals surface area (Å²) in [4.78, 5) is 10.4. The van der Waals surface area contributed by atoms with Crippen LogP contribution in [0.3, 0.4) is 0 Å². The van der Waals surface area contributed by atoms with E-state index in [4.69, 9.17) is 10.8 Å². The molecule has 84 valence electrons. The first kappa shape index (κ1) is 12.1. The van der Waals surface area contributed by atoms with Crippen molar-refractivity contribution in [2.75, 3.05) is 36.6 Å². The molecular formula is C9H16N4OS. The van der Waals surface area contributed by atoms with E-state index in [1.807, 2.05) is 18.1 Å². The summed E-state index contributed by atoms with van der Waals surface area (Å²) in [6, 6.07) is 1.72. The standard InChI is InChI=1S/C9H16N4OS/c1-3-13(4-5-14)8-6-7(10)11-9(12-8)15-2/h6,14H,3-5H2,1-2H3,(H2,10,11,12). The molecule has 15 heavy (non-hydrogen) atoms. The minimum Gasteiger partial charge on any atom is -0.395 e. The first-order valence-electron chi connectivity index (χ1n) is 4.75. The molecule has 0 aliphatic carbocycles. The van der Waals surface area contributed by atoms with Crippen molar-refractivity contribution < 1.29 is 5.11 Å². The van der Waals surface area contributed by atoms with Crippen molar-refractivity contribution in [2.24, 2.45) is 0 Å². The zero-order valence-electron chi connectivity index (χ0n) is 8.97. The molecule has 6 heteroatoms. The molecule has 5 nitrogen and oxygen atoms in total. The molecule has 0 aliphatic rings. The number of aliphatic hydroxyl groups is 1. The van der Waals surface area contributed by atoms with Crippen LogP contribution in [0.1, 0.15) is 6.92 Å². The number of nitrogens with two attached hydrogens (primary N) is 1. The van der Waals surface area contributed by atoms with Crippen LogP contribution in [0.15, 0.2) is 11.2 Å². The fraction of sp³-hybridized carbons (Fsp3) is 0.556. The first-order valence-corrected chi connectivity index (χ1v) is 5.98. The van der Waals surface area contributed by atoms with Crippen molar-refractivity contribution in [1.29, 1.82) is 0 Å². The molecule has 0 unspecified atom stereocenters. The Kier molecular flexibility index (Phi) is 4.64. The molecule has 0 spiro atoms. The van der Waals surface area contributed by atoms with Gasteiger partial charge in [0.1, 0.15) is 11.6 Å². The molecule has 0 fully saturated rings. The molecule has 1 heterocycles. The van der Waals surface area contributed by atoms with Gasteiger partial charge in [0.2, 0.25) is 0 Å². The van der Waals surface area contributed by atoms with Gasteiger partial charge < -0.3 is 15.7 Å². The third-order valence-electron chi connectivity index (χ3n) is 1.97. The average molecular weight is 228 g/mol. The Hall–Kier alpha value is -1.01. The summed E-state index contributed by atoms with van der Waals surface area (Å²) >= 11 is 1.45. The second kappa shape index (κ2) is 5.77. The monoisotopic (exact) mass is 228 g/mol. The van der Waals surface area contributed by atoms with Gasteiger partial charge in [-0.15, -0.1) is 0 Å². The number of hydrogen-bond acceptors (Lipinski definition) is 6.